The molecular weight excluding hydrogens is 256 g/mol. The fourth-order valence-electron chi connectivity index (χ4n) is 1.90. The van der Waals surface area contributed by atoms with Crippen LogP contribution in [0.4, 0.5) is 0 Å². The highest BCUT2D eigenvalue weighted by Crippen LogP contribution is 2.21. The van der Waals surface area contributed by atoms with Gasteiger partial charge in [0.25, 0.3) is 0 Å². The number of hydrogen-bond donors (Lipinski definition) is 1. The van der Waals surface area contributed by atoms with E-state index in [1.807, 2.05) is 25.1 Å². The number of rotatable bonds is 6. The molecule has 0 aliphatic carbocycles. The Hall–Kier alpha value is -2.17. The van der Waals surface area contributed by atoms with E-state index in [-0.39, 0.29) is 6.42 Å². The Kier molecular flexibility index (Phi) is 4.50. The molecule has 0 aliphatic heterocycles. The second kappa shape index (κ2) is 6.32. The van der Waals surface area contributed by atoms with Crippen molar-refractivity contribution in [1.82, 2.24) is 10.2 Å². The lowest BCUT2D eigenvalue weighted by Gasteiger charge is -2.00. The average molecular weight is 274 g/mol. The summed E-state index contributed by atoms with van der Waals surface area (Å²) in [4.78, 5) is 10.4. The summed E-state index contributed by atoms with van der Waals surface area (Å²) in [6, 6.07) is 6.02. The Morgan fingerprint density at radius 2 is 2.00 bits per heavy atom. The van der Waals surface area contributed by atoms with E-state index in [0.29, 0.717) is 24.6 Å². The predicted molar refractivity (Wildman–Crippen MR) is 74.4 cm³/mol. The summed E-state index contributed by atoms with van der Waals surface area (Å²) in [5.74, 6) is 0.302. The van der Waals surface area contributed by atoms with Gasteiger partial charge in [-0.2, -0.15) is 0 Å². The average Bonchev–Trinajstić information content (AvgIpc) is 2.86. The number of benzene rings is 1. The van der Waals surface area contributed by atoms with Crippen LogP contribution < -0.4 is 0 Å². The van der Waals surface area contributed by atoms with Crippen molar-refractivity contribution >= 4 is 5.97 Å². The number of unbranched alkanes of at least 4 members (excludes halogenated alkanes) is 1. The standard InChI is InChI=1S/C15H18N2O3/c1-10-7-8-12(9-11(10)2)15-17-16-13(20-15)5-3-4-6-14(18)19/h7-9H,3-6H2,1-2H3,(H,18,19). The van der Waals surface area contributed by atoms with Gasteiger partial charge >= 0.3 is 5.97 Å². The quantitative estimate of drug-likeness (QED) is 0.819. The lowest BCUT2D eigenvalue weighted by molar-refractivity contribution is -0.137. The van der Waals surface area contributed by atoms with Crippen molar-refractivity contribution in [1.29, 1.82) is 0 Å². The largest absolute Gasteiger partial charge is 0.481 e. The maximum absolute atomic E-state index is 10.4. The van der Waals surface area contributed by atoms with Crippen LogP contribution in [0.15, 0.2) is 22.6 Å². The number of carboxylic acids is 1. The number of nitrogens with zero attached hydrogens (tertiary/aromatic N) is 2. The maximum Gasteiger partial charge on any atom is 0.303 e. The molecule has 0 amide bonds. The van der Waals surface area contributed by atoms with E-state index in [0.717, 1.165) is 12.0 Å². The van der Waals surface area contributed by atoms with E-state index in [1.165, 1.54) is 11.1 Å². The van der Waals surface area contributed by atoms with Gasteiger partial charge in [-0.1, -0.05) is 6.07 Å². The zero-order chi connectivity index (χ0) is 14.5. The normalized spacial score (nSPS) is 10.7. The van der Waals surface area contributed by atoms with E-state index >= 15 is 0 Å². The smallest absolute Gasteiger partial charge is 0.303 e. The van der Waals surface area contributed by atoms with Crippen LogP contribution in [-0.2, 0) is 11.2 Å². The van der Waals surface area contributed by atoms with Gasteiger partial charge in [-0.3, -0.25) is 4.79 Å². The lowest BCUT2D eigenvalue weighted by atomic mass is 10.1. The van der Waals surface area contributed by atoms with Crippen LogP contribution in [0.2, 0.25) is 0 Å². The minimum Gasteiger partial charge on any atom is -0.481 e. The van der Waals surface area contributed by atoms with Gasteiger partial charge in [0, 0.05) is 18.4 Å². The molecule has 0 fully saturated rings. The van der Waals surface area contributed by atoms with Crippen LogP contribution in [0, 0.1) is 13.8 Å². The SMILES string of the molecule is Cc1ccc(-c2nnc(CCCCC(=O)O)o2)cc1C. The van der Waals surface area contributed by atoms with Gasteiger partial charge < -0.3 is 9.52 Å². The summed E-state index contributed by atoms with van der Waals surface area (Å²) in [5, 5.41) is 16.6. The number of carboxylic acid groups (broad SMARTS) is 1. The van der Waals surface area contributed by atoms with Crippen LogP contribution in [-0.4, -0.2) is 21.3 Å². The minimum atomic E-state index is -0.772. The first kappa shape index (κ1) is 14.2. The fourth-order valence-corrected chi connectivity index (χ4v) is 1.90. The highest BCUT2D eigenvalue weighted by Gasteiger charge is 2.09. The summed E-state index contributed by atoms with van der Waals surface area (Å²) in [6.07, 6.45) is 2.15. The number of carbonyl (C=O) groups is 1. The third-order valence-corrected chi connectivity index (χ3v) is 3.25. The number of aryl methyl sites for hydroxylation is 3. The van der Waals surface area contributed by atoms with E-state index in [9.17, 15) is 4.79 Å². The maximum atomic E-state index is 10.4. The molecule has 0 unspecified atom stereocenters. The van der Waals surface area contributed by atoms with E-state index in [4.69, 9.17) is 9.52 Å². The Bertz CT molecular complexity index is 605. The summed E-state index contributed by atoms with van der Waals surface area (Å²) >= 11 is 0. The van der Waals surface area contributed by atoms with Crippen molar-refractivity contribution in [2.24, 2.45) is 0 Å². The van der Waals surface area contributed by atoms with Gasteiger partial charge in [0.2, 0.25) is 11.8 Å². The molecule has 0 radical (unpaired) electrons. The molecule has 0 atom stereocenters. The highest BCUT2D eigenvalue weighted by molar-refractivity contribution is 5.66. The van der Waals surface area contributed by atoms with Crippen molar-refractivity contribution in [2.75, 3.05) is 0 Å². The lowest BCUT2D eigenvalue weighted by Crippen LogP contribution is -1.95. The third-order valence-electron chi connectivity index (χ3n) is 3.25. The van der Waals surface area contributed by atoms with Crippen molar-refractivity contribution in [2.45, 2.75) is 39.5 Å². The zero-order valence-corrected chi connectivity index (χ0v) is 11.7. The topological polar surface area (TPSA) is 76.2 Å². The second-order valence-corrected chi connectivity index (χ2v) is 4.90. The summed E-state index contributed by atoms with van der Waals surface area (Å²) in [6.45, 7) is 4.10. The van der Waals surface area contributed by atoms with E-state index < -0.39 is 5.97 Å². The van der Waals surface area contributed by atoms with Gasteiger partial charge in [0.15, 0.2) is 0 Å². The van der Waals surface area contributed by atoms with Crippen molar-refractivity contribution in [3.05, 3.63) is 35.2 Å². The van der Waals surface area contributed by atoms with Crippen LogP contribution >= 0.6 is 0 Å². The van der Waals surface area contributed by atoms with Gasteiger partial charge in [-0.25, -0.2) is 0 Å². The van der Waals surface area contributed by atoms with Gasteiger partial charge in [0.1, 0.15) is 0 Å². The molecule has 1 N–H and O–H groups in total. The zero-order valence-electron chi connectivity index (χ0n) is 11.7. The van der Waals surface area contributed by atoms with Gasteiger partial charge in [-0.15, -0.1) is 10.2 Å². The molecule has 2 rings (SSSR count). The number of aromatic nitrogens is 2. The molecule has 5 nitrogen and oxygen atoms in total. The van der Waals surface area contributed by atoms with Crippen LogP contribution in [0.1, 0.15) is 36.3 Å². The Balaban J connectivity index is 1.97. The number of hydrogen-bond acceptors (Lipinski definition) is 4. The van der Waals surface area contributed by atoms with Crippen LogP contribution in [0.25, 0.3) is 11.5 Å². The molecular formula is C15H18N2O3. The Labute approximate surface area is 117 Å². The summed E-state index contributed by atoms with van der Waals surface area (Å²) in [7, 11) is 0. The predicted octanol–water partition coefficient (Wildman–Crippen LogP) is 3.15. The fraction of sp³-hybridized carbons (Fsp3) is 0.400. The third kappa shape index (κ3) is 3.66. The molecule has 0 spiro atoms. The summed E-state index contributed by atoms with van der Waals surface area (Å²) in [5.41, 5.74) is 3.32. The Morgan fingerprint density at radius 1 is 1.20 bits per heavy atom. The minimum absolute atomic E-state index is 0.179. The van der Waals surface area contributed by atoms with Crippen molar-refractivity contribution in [3.63, 3.8) is 0 Å². The first-order valence-corrected chi connectivity index (χ1v) is 6.68. The van der Waals surface area contributed by atoms with E-state index in [1.54, 1.807) is 0 Å². The van der Waals surface area contributed by atoms with Crippen molar-refractivity contribution in [3.8, 4) is 11.5 Å². The highest BCUT2D eigenvalue weighted by atomic mass is 16.4. The molecule has 1 heterocycles. The molecule has 1 aromatic carbocycles. The molecule has 20 heavy (non-hydrogen) atoms. The molecule has 0 saturated heterocycles. The van der Waals surface area contributed by atoms with Crippen LogP contribution in [0.5, 0.6) is 0 Å². The molecule has 0 bridgehead atoms. The molecule has 2 aromatic rings. The number of aliphatic carboxylic acids is 1. The molecule has 5 heteroatoms. The molecule has 1 aromatic heterocycles. The van der Waals surface area contributed by atoms with Gasteiger partial charge in [0.05, 0.1) is 0 Å². The molecule has 106 valence electrons. The summed E-state index contributed by atoms with van der Waals surface area (Å²) < 4.78 is 5.60. The van der Waals surface area contributed by atoms with E-state index in [2.05, 4.69) is 17.1 Å². The monoisotopic (exact) mass is 274 g/mol. The first-order chi connectivity index (χ1) is 9.56. The second-order valence-electron chi connectivity index (χ2n) is 4.90. The molecule has 0 aliphatic rings. The molecule has 0 saturated carbocycles. The van der Waals surface area contributed by atoms with Crippen LogP contribution in [0.3, 0.4) is 0 Å². The first-order valence-electron chi connectivity index (χ1n) is 6.68. The van der Waals surface area contributed by atoms with Gasteiger partial charge in [-0.05, 0) is 49.9 Å². The Morgan fingerprint density at radius 3 is 2.70 bits per heavy atom. The van der Waals surface area contributed by atoms with Crippen molar-refractivity contribution < 1.29 is 14.3 Å².